The Balaban J connectivity index is 1.40. The molecule has 4 aromatic carbocycles. The van der Waals surface area contributed by atoms with Gasteiger partial charge in [0.15, 0.2) is 29.1 Å². The van der Waals surface area contributed by atoms with E-state index in [0.717, 1.165) is 6.07 Å². The van der Waals surface area contributed by atoms with Gasteiger partial charge in [-0.1, -0.05) is 12.1 Å². The number of ether oxygens (including phenoxy) is 8. The summed E-state index contributed by atoms with van der Waals surface area (Å²) in [7, 11) is 9.13. The minimum Gasteiger partial charge on any atom is -0.496 e. The van der Waals surface area contributed by atoms with Gasteiger partial charge in [-0.15, -0.1) is 0 Å². The number of anilines is 1. The summed E-state index contributed by atoms with van der Waals surface area (Å²) in [6.07, 6.45) is 1.35. The summed E-state index contributed by atoms with van der Waals surface area (Å²) in [5, 5.41) is 2.48. The molecule has 1 N–H and O–H groups in total. The summed E-state index contributed by atoms with van der Waals surface area (Å²) in [6, 6.07) is 17.4. The van der Waals surface area contributed by atoms with Crippen LogP contribution in [-0.2, 0) is 16.0 Å². The number of benzene rings is 4. The van der Waals surface area contributed by atoms with Crippen LogP contribution in [0.2, 0.25) is 0 Å². The number of hydrogen-bond acceptors (Lipinski definition) is 10. The fourth-order valence-corrected chi connectivity index (χ4v) is 5.40. The topological polar surface area (TPSA) is 120 Å². The summed E-state index contributed by atoms with van der Waals surface area (Å²) < 4.78 is 59.8. The number of hydrogen-bond donors (Lipinski definition) is 1. The molecule has 0 unspecified atom stereocenters. The Hall–Kier alpha value is -5.91. The highest BCUT2D eigenvalue weighted by Crippen LogP contribution is 2.44. The molecule has 1 amide bonds. The zero-order valence-corrected chi connectivity index (χ0v) is 27.8. The van der Waals surface area contributed by atoms with Crippen molar-refractivity contribution < 1.29 is 51.9 Å². The maximum absolute atomic E-state index is 14.8. The first-order valence-electron chi connectivity index (χ1n) is 15.1. The molecule has 12 heteroatoms. The molecule has 2 atom stereocenters. The summed E-state index contributed by atoms with van der Waals surface area (Å²) in [5.41, 5.74) is 1.79. The number of methoxy groups -OCH3 is 6. The number of halogens is 1. The van der Waals surface area contributed by atoms with Gasteiger partial charge in [0.25, 0.3) is 0 Å². The second-order valence-corrected chi connectivity index (χ2v) is 10.7. The van der Waals surface area contributed by atoms with E-state index >= 15 is 0 Å². The Bertz CT molecular complexity index is 1870. The summed E-state index contributed by atoms with van der Waals surface area (Å²) in [5.74, 6) is 1.40. The Morgan fingerprint density at radius 1 is 0.755 bits per heavy atom. The number of amides is 1. The third-order valence-corrected chi connectivity index (χ3v) is 7.88. The molecular weight excluding hydrogens is 637 g/mol. The molecule has 0 saturated carbocycles. The largest absolute Gasteiger partial charge is 0.496 e. The lowest BCUT2D eigenvalue weighted by atomic mass is 9.93. The van der Waals surface area contributed by atoms with Crippen LogP contribution in [0.4, 0.5) is 10.1 Å². The zero-order chi connectivity index (χ0) is 35.1. The van der Waals surface area contributed by atoms with E-state index in [-0.39, 0.29) is 17.7 Å². The van der Waals surface area contributed by atoms with E-state index in [1.54, 1.807) is 48.5 Å². The van der Waals surface area contributed by atoms with Crippen LogP contribution in [0.3, 0.4) is 0 Å². The van der Waals surface area contributed by atoms with Gasteiger partial charge in [0.2, 0.25) is 5.91 Å². The van der Waals surface area contributed by atoms with Crippen LogP contribution >= 0.6 is 0 Å². The molecule has 0 bridgehead atoms. The third-order valence-electron chi connectivity index (χ3n) is 7.88. The van der Waals surface area contributed by atoms with Gasteiger partial charge in [0.1, 0.15) is 29.2 Å². The molecule has 256 valence electrons. The minimum atomic E-state index is -0.854. The van der Waals surface area contributed by atoms with E-state index in [2.05, 4.69) is 5.32 Å². The average molecular weight is 674 g/mol. The molecule has 0 aliphatic carbocycles. The molecule has 0 saturated heterocycles. The molecule has 0 radical (unpaired) electrons. The van der Waals surface area contributed by atoms with Crippen molar-refractivity contribution in [3.8, 4) is 40.2 Å². The molecule has 49 heavy (non-hydrogen) atoms. The van der Waals surface area contributed by atoms with Crippen molar-refractivity contribution in [2.75, 3.05) is 48.0 Å². The maximum Gasteiger partial charge on any atom is 0.338 e. The Morgan fingerprint density at radius 3 is 2.10 bits per heavy atom. The predicted molar refractivity (Wildman–Crippen MR) is 179 cm³/mol. The van der Waals surface area contributed by atoms with Crippen LogP contribution in [0.5, 0.6) is 40.2 Å². The Labute approximate surface area is 283 Å². The molecule has 1 aliphatic rings. The number of esters is 1. The van der Waals surface area contributed by atoms with E-state index in [1.165, 1.54) is 66.9 Å². The second-order valence-electron chi connectivity index (χ2n) is 10.7. The van der Waals surface area contributed by atoms with Crippen LogP contribution in [0.15, 0.2) is 72.8 Å². The van der Waals surface area contributed by atoms with E-state index in [9.17, 15) is 14.0 Å². The van der Waals surface area contributed by atoms with Gasteiger partial charge in [-0.2, -0.15) is 0 Å². The molecule has 4 aromatic rings. The van der Waals surface area contributed by atoms with Crippen molar-refractivity contribution in [2.45, 2.75) is 18.6 Å². The van der Waals surface area contributed by atoms with Crippen molar-refractivity contribution in [2.24, 2.45) is 0 Å². The van der Waals surface area contributed by atoms with E-state index in [4.69, 9.17) is 37.9 Å². The Kier molecular flexibility index (Phi) is 10.8. The first-order chi connectivity index (χ1) is 23.7. The normalized spacial score (nSPS) is 15.0. The van der Waals surface area contributed by atoms with Crippen LogP contribution in [0, 0.1) is 5.82 Å². The fraction of sp³-hybridized carbons (Fsp3) is 0.243. The fourth-order valence-electron chi connectivity index (χ4n) is 5.40. The van der Waals surface area contributed by atoms with Crippen LogP contribution in [0.25, 0.3) is 6.08 Å². The summed E-state index contributed by atoms with van der Waals surface area (Å²) >= 11 is 0. The van der Waals surface area contributed by atoms with Gasteiger partial charge in [-0.05, 0) is 54.1 Å². The van der Waals surface area contributed by atoms with Gasteiger partial charge in [-0.25, -0.2) is 9.18 Å². The van der Waals surface area contributed by atoms with E-state index < -0.39 is 29.9 Å². The van der Waals surface area contributed by atoms with Gasteiger partial charge in [0.05, 0.1) is 53.9 Å². The molecule has 1 heterocycles. The van der Waals surface area contributed by atoms with Crippen molar-refractivity contribution in [3.63, 3.8) is 0 Å². The molecule has 11 nitrogen and oxygen atoms in total. The van der Waals surface area contributed by atoms with Gasteiger partial charge < -0.3 is 43.2 Å². The zero-order valence-electron chi connectivity index (χ0n) is 27.8. The highest BCUT2D eigenvalue weighted by molar-refractivity contribution is 6.02. The summed E-state index contributed by atoms with van der Waals surface area (Å²) in [6.45, 7) is 0. The molecule has 0 aromatic heterocycles. The lowest BCUT2D eigenvalue weighted by Crippen LogP contribution is -2.35. The lowest BCUT2D eigenvalue weighted by molar-refractivity contribution is -0.111. The lowest BCUT2D eigenvalue weighted by Gasteiger charge is -2.34. The van der Waals surface area contributed by atoms with Crippen LogP contribution in [-0.4, -0.2) is 60.6 Å². The van der Waals surface area contributed by atoms with E-state index in [0.29, 0.717) is 56.9 Å². The second kappa shape index (κ2) is 15.3. The quantitative estimate of drug-likeness (QED) is 0.133. The first kappa shape index (κ1) is 34.4. The summed E-state index contributed by atoms with van der Waals surface area (Å²) in [4.78, 5) is 26.3. The van der Waals surface area contributed by atoms with Gasteiger partial charge >= 0.3 is 5.97 Å². The number of rotatable bonds is 12. The van der Waals surface area contributed by atoms with Crippen molar-refractivity contribution >= 4 is 23.6 Å². The number of nitrogens with one attached hydrogen (secondary N) is 1. The van der Waals surface area contributed by atoms with Gasteiger partial charge in [0, 0.05) is 35.8 Å². The van der Waals surface area contributed by atoms with Crippen molar-refractivity contribution in [1.29, 1.82) is 0 Å². The maximum atomic E-state index is 14.8. The molecule has 0 spiro atoms. The van der Waals surface area contributed by atoms with Crippen molar-refractivity contribution in [3.05, 3.63) is 101 Å². The average Bonchev–Trinajstić information content (AvgIpc) is 3.13. The highest BCUT2D eigenvalue weighted by atomic mass is 19.1. The molecule has 0 fully saturated rings. The molecule has 5 rings (SSSR count). The smallest absolute Gasteiger partial charge is 0.338 e. The Morgan fingerprint density at radius 2 is 1.43 bits per heavy atom. The van der Waals surface area contributed by atoms with Crippen LogP contribution in [0.1, 0.15) is 33.2 Å². The van der Waals surface area contributed by atoms with E-state index in [1.807, 2.05) is 0 Å². The third kappa shape index (κ3) is 7.64. The molecular formula is C37H36FNO10. The van der Waals surface area contributed by atoms with Gasteiger partial charge in [-0.3, -0.25) is 4.79 Å². The first-order valence-corrected chi connectivity index (χ1v) is 15.1. The highest BCUT2D eigenvalue weighted by Gasteiger charge is 2.37. The van der Waals surface area contributed by atoms with Crippen LogP contribution < -0.4 is 38.5 Å². The predicted octanol–water partition coefficient (Wildman–Crippen LogP) is 6.43. The SMILES string of the molecule is COc1cc(OC)c2c(c1)O[C@H](c1ccc(OC)c(OC)c1)[C@@H](OC(=O)c1ccc(F)c(NC(=O)/C=C/c3ccc(OC)c(OC)c3)c1)C2. The number of carbonyl (C=O) groups is 2. The standard InChI is InChI=1S/C37H36FNO10/c1-42-24-18-30(45-4)25-20-34(36(48-31(25)19-24)22-10-13-29(44-3)33(17-22)47-6)49-37(41)23-9-11-26(38)27(16-23)39-35(40)14-8-21-7-12-28(43-2)32(15-21)46-5/h7-19,34,36H,20H2,1-6H3,(H,39,40)/b14-8+/t34-,36+/m0/s1. The number of fused-ring (bicyclic) bond motifs is 1. The molecule has 1 aliphatic heterocycles. The minimum absolute atomic E-state index is 0.0131. The number of carbonyl (C=O) groups excluding carboxylic acids is 2. The monoisotopic (exact) mass is 673 g/mol. The van der Waals surface area contributed by atoms with Crippen molar-refractivity contribution in [1.82, 2.24) is 0 Å².